The third-order valence-corrected chi connectivity index (χ3v) is 6.11. The maximum absolute atomic E-state index is 12.7. The molecule has 3 rings (SSSR count). The molecule has 0 spiro atoms. The SMILES string of the molecule is C=C1c2c(O)cc(C)cc2C(=O)[C@@H]2CC[C@H](O)[C@@H](I)[C@@H]12. The molecule has 4 atom stereocenters. The van der Waals surface area contributed by atoms with Crippen LogP contribution in [0.2, 0.25) is 0 Å². The number of carbonyl (C=O) groups is 1. The van der Waals surface area contributed by atoms with Gasteiger partial charge in [0.15, 0.2) is 5.78 Å². The van der Waals surface area contributed by atoms with Crippen LogP contribution in [0.4, 0.5) is 0 Å². The number of rotatable bonds is 0. The molecule has 4 heteroatoms. The van der Waals surface area contributed by atoms with Gasteiger partial charge in [0, 0.05) is 26.9 Å². The van der Waals surface area contributed by atoms with E-state index in [-0.39, 0.29) is 27.3 Å². The normalized spacial score (nSPS) is 32.8. The molecule has 0 amide bonds. The Bertz CT molecular complexity index is 608. The number of aliphatic hydroxyl groups is 1. The van der Waals surface area contributed by atoms with Crippen LogP contribution in [0.3, 0.4) is 0 Å². The van der Waals surface area contributed by atoms with Crippen molar-refractivity contribution in [2.75, 3.05) is 0 Å². The number of aliphatic hydroxyl groups excluding tert-OH is 1. The molecule has 106 valence electrons. The van der Waals surface area contributed by atoms with Crippen LogP contribution in [0.1, 0.15) is 34.3 Å². The Hall–Kier alpha value is -0.880. The van der Waals surface area contributed by atoms with E-state index in [1.807, 2.05) is 13.0 Å². The first-order chi connectivity index (χ1) is 9.41. The number of carbonyl (C=O) groups excluding carboxylic acids is 1. The lowest BCUT2D eigenvalue weighted by atomic mass is 9.65. The lowest BCUT2D eigenvalue weighted by molar-refractivity contribution is 0.0701. The summed E-state index contributed by atoms with van der Waals surface area (Å²) in [5, 5.41) is 20.2. The van der Waals surface area contributed by atoms with Gasteiger partial charge in [-0.25, -0.2) is 0 Å². The maximum atomic E-state index is 12.7. The Morgan fingerprint density at radius 1 is 1.35 bits per heavy atom. The number of hydrogen-bond donors (Lipinski definition) is 2. The highest BCUT2D eigenvalue weighted by Crippen LogP contribution is 2.50. The minimum atomic E-state index is -0.407. The third-order valence-electron chi connectivity index (χ3n) is 4.51. The van der Waals surface area contributed by atoms with Crippen LogP contribution in [-0.2, 0) is 0 Å². The number of phenolic OH excluding ortho intramolecular Hbond substituents is 1. The zero-order valence-corrected chi connectivity index (χ0v) is 13.4. The zero-order valence-electron chi connectivity index (χ0n) is 11.3. The highest BCUT2D eigenvalue weighted by Gasteiger charge is 2.47. The van der Waals surface area contributed by atoms with Crippen molar-refractivity contribution in [2.24, 2.45) is 11.8 Å². The number of aromatic hydroxyl groups is 1. The van der Waals surface area contributed by atoms with E-state index in [0.29, 0.717) is 24.0 Å². The number of fused-ring (bicyclic) bond motifs is 2. The lowest BCUT2D eigenvalue weighted by Gasteiger charge is -2.42. The van der Waals surface area contributed by atoms with E-state index in [1.54, 1.807) is 6.07 Å². The molecule has 2 aliphatic rings. The van der Waals surface area contributed by atoms with Crippen LogP contribution in [0.25, 0.3) is 5.57 Å². The van der Waals surface area contributed by atoms with Crippen LogP contribution in [0.5, 0.6) is 5.75 Å². The van der Waals surface area contributed by atoms with Gasteiger partial charge in [-0.3, -0.25) is 4.79 Å². The van der Waals surface area contributed by atoms with Crippen LogP contribution >= 0.6 is 22.6 Å². The standard InChI is InChI=1S/C16H17IO3/c1-7-5-10-13(12(19)6-7)8(2)14-9(16(10)20)3-4-11(18)15(14)17/h5-6,9,11,14-15,18-19H,2-4H2,1H3/t9-,11+,14+,15-/m1/s1. The number of Topliss-reactive ketones (excluding diaryl/α,β-unsaturated/α-hetero) is 1. The summed E-state index contributed by atoms with van der Waals surface area (Å²) < 4.78 is -0.0309. The molecule has 1 aromatic carbocycles. The lowest BCUT2D eigenvalue weighted by Crippen LogP contribution is -2.44. The average Bonchev–Trinajstić information content (AvgIpc) is 2.38. The van der Waals surface area contributed by atoms with Crippen molar-refractivity contribution < 1.29 is 15.0 Å². The zero-order chi connectivity index (χ0) is 14.6. The second kappa shape index (κ2) is 4.84. The molecule has 2 aliphatic carbocycles. The summed E-state index contributed by atoms with van der Waals surface area (Å²) >= 11 is 2.22. The molecule has 20 heavy (non-hydrogen) atoms. The fourth-order valence-corrected chi connectivity index (χ4v) is 4.84. The van der Waals surface area contributed by atoms with E-state index in [2.05, 4.69) is 29.2 Å². The number of allylic oxidation sites excluding steroid dienone is 1. The summed E-state index contributed by atoms with van der Waals surface area (Å²) in [5.41, 5.74) is 2.84. The molecule has 0 unspecified atom stereocenters. The first kappa shape index (κ1) is 14.1. The van der Waals surface area contributed by atoms with Crippen molar-refractivity contribution in [3.8, 4) is 5.75 Å². The number of hydrogen-bond acceptors (Lipinski definition) is 3. The second-order valence-corrected chi connectivity index (χ2v) is 7.26. The maximum Gasteiger partial charge on any atom is 0.167 e. The number of ketones is 1. The fraction of sp³-hybridized carbons (Fsp3) is 0.438. The topological polar surface area (TPSA) is 57.5 Å². The van der Waals surface area contributed by atoms with Gasteiger partial charge in [-0.1, -0.05) is 29.2 Å². The molecule has 0 aliphatic heterocycles. The number of benzene rings is 1. The van der Waals surface area contributed by atoms with E-state index in [4.69, 9.17) is 0 Å². The molecule has 0 aromatic heterocycles. The Morgan fingerprint density at radius 3 is 2.75 bits per heavy atom. The van der Waals surface area contributed by atoms with Crippen LogP contribution in [0.15, 0.2) is 18.7 Å². The van der Waals surface area contributed by atoms with E-state index >= 15 is 0 Å². The Morgan fingerprint density at radius 2 is 2.05 bits per heavy atom. The predicted octanol–water partition coefficient (Wildman–Crippen LogP) is 3.10. The van der Waals surface area contributed by atoms with Gasteiger partial charge in [0.05, 0.1) is 6.10 Å². The highest BCUT2D eigenvalue weighted by molar-refractivity contribution is 14.1. The molecular weight excluding hydrogens is 367 g/mol. The van der Waals surface area contributed by atoms with Gasteiger partial charge in [0.1, 0.15) is 5.75 Å². The molecule has 0 saturated heterocycles. The minimum absolute atomic E-state index is 0.0309. The Labute approximate surface area is 131 Å². The first-order valence-electron chi connectivity index (χ1n) is 6.81. The number of aryl methyl sites for hydroxylation is 1. The molecule has 3 nitrogen and oxygen atoms in total. The van der Waals surface area contributed by atoms with Gasteiger partial charge in [-0.2, -0.15) is 0 Å². The Balaban J connectivity index is 2.18. The third kappa shape index (κ3) is 1.92. The van der Waals surface area contributed by atoms with E-state index in [1.165, 1.54) is 0 Å². The molecule has 0 heterocycles. The van der Waals surface area contributed by atoms with Crippen molar-refractivity contribution in [3.63, 3.8) is 0 Å². The van der Waals surface area contributed by atoms with Crippen LogP contribution in [-0.4, -0.2) is 26.0 Å². The minimum Gasteiger partial charge on any atom is -0.507 e. The van der Waals surface area contributed by atoms with Crippen LogP contribution in [0, 0.1) is 18.8 Å². The molecule has 1 fully saturated rings. The van der Waals surface area contributed by atoms with Gasteiger partial charge in [-0.05, 0) is 43.0 Å². The van der Waals surface area contributed by atoms with Crippen molar-refractivity contribution in [3.05, 3.63) is 35.4 Å². The molecule has 0 bridgehead atoms. The molecule has 2 N–H and O–H groups in total. The highest BCUT2D eigenvalue weighted by atomic mass is 127. The summed E-state index contributed by atoms with van der Waals surface area (Å²) in [4.78, 5) is 12.7. The van der Waals surface area contributed by atoms with Gasteiger partial charge in [-0.15, -0.1) is 0 Å². The fourth-order valence-electron chi connectivity index (χ4n) is 3.55. The van der Waals surface area contributed by atoms with Crippen molar-refractivity contribution in [1.29, 1.82) is 0 Å². The van der Waals surface area contributed by atoms with E-state index in [0.717, 1.165) is 11.1 Å². The van der Waals surface area contributed by atoms with Crippen molar-refractivity contribution in [2.45, 2.75) is 29.8 Å². The van der Waals surface area contributed by atoms with E-state index in [9.17, 15) is 15.0 Å². The summed E-state index contributed by atoms with van der Waals surface area (Å²) in [6, 6.07) is 3.51. The molecule has 1 aromatic rings. The first-order valence-corrected chi connectivity index (χ1v) is 8.05. The summed E-state index contributed by atoms with van der Waals surface area (Å²) in [6.45, 7) is 5.99. The van der Waals surface area contributed by atoms with Crippen LogP contribution < -0.4 is 0 Å². The predicted molar refractivity (Wildman–Crippen MR) is 86.2 cm³/mol. The largest absolute Gasteiger partial charge is 0.507 e. The number of alkyl halides is 1. The van der Waals surface area contributed by atoms with E-state index < -0.39 is 6.10 Å². The van der Waals surface area contributed by atoms with Crippen molar-refractivity contribution >= 4 is 33.9 Å². The summed E-state index contributed by atoms with van der Waals surface area (Å²) in [5.74, 6) is 0.0277. The average molecular weight is 384 g/mol. The van der Waals surface area contributed by atoms with Gasteiger partial charge >= 0.3 is 0 Å². The second-order valence-electron chi connectivity index (χ2n) is 5.82. The summed E-state index contributed by atoms with van der Waals surface area (Å²) in [6.07, 6.45) is 0.939. The monoisotopic (exact) mass is 384 g/mol. The molecule has 0 radical (unpaired) electrons. The number of halogens is 1. The molecular formula is C16H17IO3. The van der Waals surface area contributed by atoms with Gasteiger partial charge < -0.3 is 10.2 Å². The van der Waals surface area contributed by atoms with Gasteiger partial charge in [0.2, 0.25) is 0 Å². The molecule has 1 saturated carbocycles. The quantitative estimate of drug-likeness (QED) is 0.534. The van der Waals surface area contributed by atoms with Crippen molar-refractivity contribution in [1.82, 2.24) is 0 Å². The Kier molecular flexibility index (Phi) is 3.41. The smallest absolute Gasteiger partial charge is 0.167 e. The number of phenols is 1. The summed E-state index contributed by atoms with van der Waals surface area (Å²) in [7, 11) is 0. The van der Waals surface area contributed by atoms with Gasteiger partial charge in [0.25, 0.3) is 0 Å².